The number of ether oxygens (including phenoxy) is 1. The van der Waals surface area contributed by atoms with Crippen LogP contribution in [0.1, 0.15) is 135 Å². The summed E-state index contributed by atoms with van der Waals surface area (Å²) in [6.45, 7) is 2.68. The third-order valence-electron chi connectivity index (χ3n) is 6.77. The van der Waals surface area contributed by atoms with Crippen molar-refractivity contribution in [3.8, 4) is 0 Å². The van der Waals surface area contributed by atoms with Crippen LogP contribution in [0.5, 0.6) is 0 Å². The topological polar surface area (TPSA) is 66.4 Å². The molecule has 1 fully saturated rings. The Labute approximate surface area is 226 Å². The predicted molar refractivity (Wildman–Crippen MR) is 130 cm³/mol. The van der Waals surface area contributed by atoms with Crippen LogP contribution in [0.4, 0.5) is 0 Å². The summed E-state index contributed by atoms with van der Waals surface area (Å²) >= 11 is 0. The molecule has 1 saturated carbocycles. The first-order valence-electron chi connectivity index (χ1n) is 13.7. The molecule has 2 unspecified atom stereocenters. The van der Waals surface area contributed by atoms with E-state index in [1.54, 1.807) is 0 Å². The van der Waals surface area contributed by atoms with Crippen molar-refractivity contribution in [2.75, 3.05) is 6.61 Å². The van der Waals surface area contributed by atoms with E-state index in [1.807, 2.05) is 0 Å². The largest absolute Gasteiger partial charge is 1.00 e. The van der Waals surface area contributed by atoms with Gasteiger partial charge in [-0.05, 0) is 44.9 Å². The molecule has 0 N–H and O–H groups in total. The summed E-state index contributed by atoms with van der Waals surface area (Å²) in [7, 11) is 0. The zero-order valence-electron chi connectivity index (χ0n) is 21.8. The maximum absolute atomic E-state index is 12.2. The van der Waals surface area contributed by atoms with Gasteiger partial charge in [0.2, 0.25) is 0 Å². The smallest absolute Gasteiger partial charge is 0.550 e. The first-order valence-corrected chi connectivity index (χ1v) is 13.7. The summed E-state index contributed by atoms with van der Waals surface area (Å²) in [5, 5.41) is 11.2. The summed E-state index contributed by atoms with van der Waals surface area (Å²) < 4.78 is 5.35. The van der Waals surface area contributed by atoms with Crippen LogP contribution in [0.25, 0.3) is 0 Å². The van der Waals surface area contributed by atoms with Gasteiger partial charge in [-0.2, -0.15) is 0 Å². The molecular formula is C28H49NaO4. The van der Waals surface area contributed by atoms with E-state index in [0.717, 1.165) is 32.1 Å². The van der Waals surface area contributed by atoms with Crippen LogP contribution in [0.3, 0.4) is 0 Å². The number of carboxylic acid groups (broad SMARTS) is 1. The van der Waals surface area contributed by atoms with Gasteiger partial charge in [0.1, 0.15) is 0 Å². The van der Waals surface area contributed by atoms with Crippen molar-refractivity contribution in [3.05, 3.63) is 12.2 Å². The number of hydrogen-bond donors (Lipinski definition) is 0. The van der Waals surface area contributed by atoms with E-state index in [1.165, 1.54) is 83.5 Å². The van der Waals surface area contributed by atoms with E-state index in [2.05, 4.69) is 19.1 Å². The average Bonchev–Trinajstić information content (AvgIpc) is 2.80. The molecule has 0 aliphatic heterocycles. The Morgan fingerprint density at radius 1 is 0.727 bits per heavy atom. The number of aliphatic carboxylic acids is 1. The van der Waals surface area contributed by atoms with E-state index in [-0.39, 0.29) is 35.5 Å². The Hall–Kier alpha value is -0.320. The maximum atomic E-state index is 12.2. The van der Waals surface area contributed by atoms with Crippen molar-refractivity contribution >= 4 is 11.9 Å². The fraction of sp³-hybridized carbons (Fsp3) is 0.857. The number of esters is 1. The molecule has 1 aliphatic carbocycles. The summed E-state index contributed by atoms with van der Waals surface area (Å²) in [6, 6.07) is 0. The van der Waals surface area contributed by atoms with Gasteiger partial charge in [0, 0.05) is 11.9 Å². The molecule has 0 aromatic carbocycles. The van der Waals surface area contributed by atoms with Crippen LogP contribution < -0.4 is 34.7 Å². The average molecular weight is 473 g/mol. The number of hydrogen-bond acceptors (Lipinski definition) is 4. The van der Waals surface area contributed by atoms with Gasteiger partial charge in [0.15, 0.2) is 0 Å². The van der Waals surface area contributed by atoms with E-state index >= 15 is 0 Å². The normalized spacial score (nSPS) is 18.2. The third kappa shape index (κ3) is 17.7. The molecule has 0 amide bonds. The fourth-order valence-corrected chi connectivity index (χ4v) is 4.68. The molecule has 0 heterocycles. The number of carboxylic acids is 1. The van der Waals surface area contributed by atoms with Gasteiger partial charge in [-0.25, -0.2) is 0 Å². The first kappa shape index (κ1) is 32.7. The number of unbranched alkanes of at least 4 members (excludes halogenated alkanes) is 14. The van der Waals surface area contributed by atoms with Gasteiger partial charge in [-0.3, -0.25) is 4.79 Å². The van der Waals surface area contributed by atoms with Crippen LogP contribution in [-0.2, 0) is 14.3 Å². The first-order chi connectivity index (χ1) is 15.7. The van der Waals surface area contributed by atoms with Crippen LogP contribution in [0, 0.1) is 11.8 Å². The van der Waals surface area contributed by atoms with Crippen molar-refractivity contribution in [1.29, 1.82) is 0 Å². The minimum atomic E-state index is -1.10. The monoisotopic (exact) mass is 472 g/mol. The van der Waals surface area contributed by atoms with Crippen molar-refractivity contribution in [2.24, 2.45) is 11.8 Å². The van der Waals surface area contributed by atoms with Gasteiger partial charge in [0.05, 0.1) is 12.5 Å². The van der Waals surface area contributed by atoms with Crippen molar-refractivity contribution in [2.45, 2.75) is 135 Å². The zero-order valence-corrected chi connectivity index (χ0v) is 23.8. The second-order valence-electron chi connectivity index (χ2n) is 9.63. The molecule has 0 spiro atoms. The molecular weight excluding hydrogens is 423 g/mol. The van der Waals surface area contributed by atoms with Crippen LogP contribution in [0.15, 0.2) is 12.2 Å². The number of allylic oxidation sites excluding steroid dienone is 2. The summed E-state index contributed by atoms with van der Waals surface area (Å²) in [4.78, 5) is 23.4. The van der Waals surface area contributed by atoms with Gasteiger partial charge in [-0.15, -0.1) is 0 Å². The molecule has 1 rings (SSSR count). The molecule has 0 bridgehead atoms. The molecule has 0 aromatic rings. The summed E-state index contributed by atoms with van der Waals surface area (Å²) in [5.41, 5.74) is 0. The van der Waals surface area contributed by atoms with Gasteiger partial charge < -0.3 is 14.6 Å². The van der Waals surface area contributed by atoms with E-state index in [9.17, 15) is 14.7 Å². The predicted octanol–water partition coefficient (Wildman–Crippen LogP) is 3.91. The molecule has 0 aromatic heterocycles. The Bertz CT molecular complexity index is 506. The van der Waals surface area contributed by atoms with Gasteiger partial charge in [-0.1, -0.05) is 103 Å². The van der Waals surface area contributed by atoms with Crippen molar-refractivity contribution < 1.29 is 49.0 Å². The second kappa shape index (κ2) is 23.4. The van der Waals surface area contributed by atoms with Gasteiger partial charge in [0.25, 0.3) is 0 Å². The molecule has 186 valence electrons. The molecule has 5 heteroatoms. The Morgan fingerprint density at radius 3 is 1.70 bits per heavy atom. The van der Waals surface area contributed by atoms with E-state index in [0.29, 0.717) is 19.4 Å². The van der Waals surface area contributed by atoms with Crippen molar-refractivity contribution in [1.82, 2.24) is 0 Å². The molecule has 0 radical (unpaired) electrons. The number of carbonyl (C=O) groups is 2. The molecule has 4 nitrogen and oxygen atoms in total. The van der Waals surface area contributed by atoms with Crippen LogP contribution in [0.2, 0.25) is 0 Å². The third-order valence-corrected chi connectivity index (χ3v) is 6.77. The molecule has 2 atom stereocenters. The summed E-state index contributed by atoms with van der Waals surface area (Å²) in [5.74, 6) is -2.61. The van der Waals surface area contributed by atoms with Crippen molar-refractivity contribution in [3.63, 3.8) is 0 Å². The molecule has 1 aliphatic rings. The van der Waals surface area contributed by atoms with Crippen LogP contribution >= 0.6 is 0 Å². The van der Waals surface area contributed by atoms with E-state index < -0.39 is 17.8 Å². The minimum Gasteiger partial charge on any atom is -0.550 e. The zero-order chi connectivity index (χ0) is 23.3. The standard InChI is InChI=1S/C28H50O4.Na/c1-2-3-4-5-6-7-8-9-10-11-12-13-14-15-16-17-18-21-24-32-28(31)26-23-20-19-22-25(26)27(29)30;/h12-13,25-26H,2-11,14-24H2,1H3,(H,29,30);/q;+1/p-1/b13-12+;. The molecule has 33 heavy (non-hydrogen) atoms. The van der Waals surface area contributed by atoms with Crippen LogP contribution in [-0.4, -0.2) is 18.5 Å². The second-order valence-corrected chi connectivity index (χ2v) is 9.63. The maximum Gasteiger partial charge on any atom is 1.00 e. The Morgan fingerprint density at radius 2 is 1.18 bits per heavy atom. The number of carbonyl (C=O) groups excluding carboxylic acids is 2. The molecule has 0 saturated heterocycles. The quantitative estimate of drug-likeness (QED) is 0.117. The fourth-order valence-electron chi connectivity index (χ4n) is 4.68. The summed E-state index contributed by atoms with van der Waals surface area (Å²) in [6.07, 6.45) is 28.0. The van der Waals surface area contributed by atoms with Gasteiger partial charge >= 0.3 is 35.5 Å². The van der Waals surface area contributed by atoms with E-state index in [4.69, 9.17) is 4.74 Å². The SMILES string of the molecule is CCCCCCCCCCC/C=C/CCCCCCCOC(=O)C1CCCCC1C(=O)[O-].[Na+]. The Kier molecular flexibility index (Phi) is 23.2. The minimum absolute atomic E-state index is 0. The Balaban J connectivity index is 0.0000102. The number of rotatable bonds is 20.